The molecule has 0 bridgehead atoms. The van der Waals surface area contributed by atoms with Gasteiger partial charge in [0.2, 0.25) is 0 Å². The molecule has 6 nitrogen and oxygen atoms in total. The highest BCUT2D eigenvalue weighted by atomic mass is 35.5. The minimum atomic E-state index is -0.357. The van der Waals surface area contributed by atoms with Gasteiger partial charge in [0, 0.05) is 48.3 Å². The minimum Gasteiger partial charge on any atom is -0.357 e. The molecule has 0 aliphatic rings. The van der Waals surface area contributed by atoms with E-state index in [1.807, 2.05) is 24.3 Å². The van der Waals surface area contributed by atoms with Crippen LogP contribution in [0.2, 0.25) is 0 Å². The summed E-state index contributed by atoms with van der Waals surface area (Å²) in [6, 6.07) is 13.5. The molecule has 0 fully saturated rings. The number of amides is 1. The molecule has 0 N–H and O–H groups in total. The number of hydrogen-bond acceptors (Lipinski definition) is 6. The van der Waals surface area contributed by atoms with E-state index in [-0.39, 0.29) is 43.1 Å². The van der Waals surface area contributed by atoms with E-state index in [1.165, 1.54) is 23.5 Å². The van der Waals surface area contributed by atoms with Crippen LogP contribution >= 0.6 is 36.2 Å². The van der Waals surface area contributed by atoms with Crippen LogP contribution in [0.4, 0.5) is 15.9 Å². The van der Waals surface area contributed by atoms with Crippen molar-refractivity contribution in [2.75, 3.05) is 22.9 Å². The Balaban J connectivity index is 0.00000216. The van der Waals surface area contributed by atoms with Crippen molar-refractivity contribution >= 4 is 53.6 Å². The Morgan fingerprint density at radius 1 is 1.00 bits per heavy atom. The Morgan fingerprint density at radius 2 is 1.74 bits per heavy atom. The molecule has 0 unspecified atom stereocenters. The lowest BCUT2D eigenvalue weighted by atomic mass is 10.2. The fraction of sp³-hybridized carbons (Fsp3) is 0.200. The third kappa shape index (κ3) is 6.75. The first-order chi connectivity index (χ1) is 16.1. The predicted octanol–water partition coefficient (Wildman–Crippen LogP) is 6.28. The van der Waals surface area contributed by atoms with Gasteiger partial charge in [-0.2, -0.15) is 0 Å². The van der Waals surface area contributed by atoms with E-state index in [0.717, 1.165) is 35.0 Å². The summed E-state index contributed by atoms with van der Waals surface area (Å²) in [6.07, 6.45) is 5.19. The molecule has 10 heteroatoms. The first-order valence-corrected chi connectivity index (χ1v) is 11.6. The van der Waals surface area contributed by atoms with Gasteiger partial charge in [0.05, 0.1) is 6.54 Å². The van der Waals surface area contributed by atoms with Crippen molar-refractivity contribution in [1.29, 1.82) is 0 Å². The van der Waals surface area contributed by atoms with Crippen LogP contribution in [0.15, 0.2) is 72.5 Å². The number of pyridine rings is 2. The maximum absolute atomic E-state index is 13.5. The number of hydrogen-bond donors (Lipinski definition) is 0. The van der Waals surface area contributed by atoms with E-state index >= 15 is 0 Å². The smallest absolute Gasteiger partial charge is 0.278 e. The fourth-order valence-corrected chi connectivity index (χ4v) is 4.25. The van der Waals surface area contributed by atoms with Crippen LogP contribution in [0.3, 0.4) is 0 Å². The third-order valence-corrected chi connectivity index (χ3v) is 6.14. The molecule has 1 aromatic carbocycles. The molecule has 0 aliphatic heterocycles. The zero-order valence-electron chi connectivity index (χ0n) is 19.3. The number of halogens is 3. The standard InChI is InChI=1S/C25H24FN5OS.2ClH/c1-3-30(4-2)23-12-7-18(14-28-23)16-31(21-10-8-20(26)9-11-21)25(32)22-17-33-24(29-22)19-6-5-13-27-15-19;;/h5-15,17H,3-4,16H2,1-2H3;2*1H. The Kier molecular flexibility index (Phi) is 10.6. The highest BCUT2D eigenvalue weighted by Crippen LogP contribution is 2.26. The molecule has 4 aromatic rings. The lowest BCUT2D eigenvalue weighted by Crippen LogP contribution is -2.31. The molecule has 0 radical (unpaired) electrons. The molecule has 1 amide bonds. The summed E-state index contributed by atoms with van der Waals surface area (Å²) in [7, 11) is 0. The highest BCUT2D eigenvalue weighted by Gasteiger charge is 2.22. The molecule has 35 heavy (non-hydrogen) atoms. The van der Waals surface area contributed by atoms with Gasteiger partial charge in [-0.05, 0) is 61.9 Å². The van der Waals surface area contributed by atoms with Crippen LogP contribution < -0.4 is 9.80 Å². The van der Waals surface area contributed by atoms with E-state index in [0.29, 0.717) is 11.4 Å². The third-order valence-electron chi connectivity index (χ3n) is 5.25. The maximum Gasteiger partial charge on any atom is 0.278 e. The molecule has 0 spiro atoms. The molecule has 184 valence electrons. The molecule has 0 saturated heterocycles. The molecule has 0 atom stereocenters. The van der Waals surface area contributed by atoms with Crippen molar-refractivity contribution in [3.63, 3.8) is 0 Å². The molecule has 0 aliphatic carbocycles. The summed E-state index contributed by atoms with van der Waals surface area (Å²) in [5.41, 5.74) is 2.64. The fourth-order valence-electron chi connectivity index (χ4n) is 3.46. The second-order valence-electron chi connectivity index (χ2n) is 7.34. The predicted molar refractivity (Wildman–Crippen MR) is 145 cm³/mol. The second-order valence-corrected chi connectivity index (χ2v) is 8.20. The Hall–Kier alpha value is -3.07. The van der Waals surface area contributed by atoms with Gasteiger partial charge in [0.15, 0.2) is 0 Å². The van der Waals surface area contributed by atoms with E-state index in [2.05, 4.69) is 33.7 Å². The molecular weight excluding hydrogens is 508 g/mol. The number of aromatic nitrogens is 3. The Morgan fingerprint density at radius 3 is 2.34 bits per heavy atom. The second kappa shape index (κ2) is 13.1. The van der Waals surface area contributed by atoms with Gasteiger partial charge >= 0.3 is 0 Å². The van der Waals surface area contributed by atoms with Gasteiger partial charge in [0.25, 0.3) is 5.91 Å². The summed E-state index contributed by atoms with van der Waals surface area (Å²) in [4.78, 5) is 30.4. The highest BCUT2D eigenvalue weighted by molar-refractivity contribution is 7.13. The largest absolute Gasteiger partial charge is 0.357 e. The number of thiazole rings is 1. The van der Waals surface area contributed by atoms with Crippen LogP contribution in [-0.4, -0.2) is 33.9 Å². The average molecular weight is 534 g/mol. The maximum atomic E-state index is 13.5. The monoisotopic (exact) mass is 533 g/mol. The van der Waals surface area contributed by atoms with Crippen LogP contribution in [-0.2, 0) is 6.54 Å². The molecule has 0 saturated carbocycles. The lowest BCUT2D eigenvalue weighted by Gasteiger charge is -2.23. The van der Waals surface area contributed by atoms with Crippen LogP contribution in [0.25, 0.3) is 10.6 Å². The van der Waals surface area contributed by atoms with Gasteiger partial charge in [0.1, 0.15) is 22.3 Å². The number of benzene rings is 1. The van der Waals surface area contributed by atoms with Crippen molar-refractivity contribution in [2.45, 2.75) is 20.4 Å². The summed E-state index contributed by atoms with van der Waals surface area (Å²) < 4.78 is 13.5. The zero-order chi connectivity index (χ0) is 23.2. The van der Waals surface area contributed by atoms with Crippen LogP contribution in [0.1, 0.15) is 29.9 Å². The number of anilines is 2. The topological polar surface area (TPSA) is 62.2 Å². The van der Waals surface area contributed by atoms with Crippen molar-refractivity contribution in [2.24, 2.45) is 0 Å². The first kappa shape index (κ1) is 28.2. The molecule has 3 heterocycles. The van der Waals surface area contributed by atoms with E-state index in [4.69, 9.17) is 0 Å². The van der Waals surface area contributed by atoms with Crippen molar-refractivity contribution in [3.05, 3.63) is 89.6 Å². The van der Waals surface area contributed by atoms with Gasteiger partial charge in [-0.25, -0.2) is 14.4 Å². The van der Waals surface area contributed by atoms with Gasteiger partial charge in [-0.15, -0.1) is 36.2 Å². The van der Waals surface area contributed by atoms with E-state index < -0.39 is 0 Å². The number of nitrogens with zero attached hydrogens (tertiary/aromatic N) is 5. The van der Waals surface area contributed by atoms with E-state index in [9.17, 15) is 9.18 Å². The number of carbonyl (C=O) groups excluding carboxylic acids is 1. The number of rotatable bonds is 8. The Bertz CT molecular complexity index is 1200. The minimum absolute atomic E-state index is 0. The summed E-state index contributed by atoms with van der Waals surface area (Å²) >= 11 is 1.39. The summed E-state index contributed by atoms with van der Waals surface area (Å²) in [5.74, 6) is 0.272. The van der Waals surface area contributed by atoms with Gasteiger partial charge in [-0.3, -0.25) is 9.78 Å². The zero-order valence-corrected chi connectivity index (χ0v) is 21.7. The van der Waals surface area contributed by atoms with Crippen molar-refractivity contribution in [3.8, 4) is 10.6 Å². The normalized spacial score (nSPS) is 10.1. The quantitative estimate of drug-likeness (QED) is 0.267. The van der Waals surface area contributed by atoms with Crippen molar-refractivity contribution < 1.29 is 9.18 Å². The van der Waals surface area contributed by atoms with E-state index in [1.54, 1.807) is 41.0 Å². The average Bonchev–Trinajstić information content (AvgIpc) is 3.35. The SMILES string of the molecule is CCN(CC)c1ccc(CN(C(=O)c2csc(-c3cccnc3)n2)c2ccc(F)cc2)cn1.Cl.Cl. The number of carbonyl (C=O) groups is 1. The van der Waals surface area contributed by atoms with Crippen molar-refractivity contribution in [1.82, 2.24) is 15.0 Å². The molecule has 4 rings (SSSR count). The van der Waals surface area contributed by atoms with Gasteiger partial charge in [-0.1, -0.05) is 6.07 Å². The molecular formula is C25H26Cl2FN5OS. The Labute approximate surface area is 220 Å². The van der Waals surface area contributed by atoms with Crippen LogP contribution in [0.5, 0.6) is 0 Å². The summed E-state index contributed by atoms with van der Waals surface area (Å²) in [5, 5.41) is 2.46. The van der Waals surface area contributed by atoms with Crippen LogP contribution in [0, 0.1) is 5.82 Å². The summed E-state index contributed by atoms with van der Waals surface area (Å²) in [6.45, 7) is 6.19. The first-order valence-electron chi connectivity index (χ1n) is 10.7. The molecule has 3 aromatic heterocycles. The lowest BCUT2D eigenvalue weighted by molar-refractivity contribution is 0.0981. The van der Waals surface area contributed by atoms with Gasteiger partial charge < -0.3 is 9.80 Å².